The lowest BCUT2D eigenvalue weighted by molar-refractivity contribution is -0.384. The van der Waals surface area contributed by atoms with Gasteiger partial charge in [0.15, 0.2) is 0 Å². The molecule has 0 aliphatic carbocycles. The number of nitrogens with zero attached hydrogens (tertiary/aromatic N) is 2. The Morgan fingerprint density at radius 1 is 1.47 bits per heavy atom. The van der Waals surface area contributed by atoms with E-state index in [2.05, 4.69) is 4.74 Å². The monoisotopic (exact) mass is 242 g/mol. The van der Waals surface area contributed by atoms with E-state index in [0.717, 1.165) is 13.2 Å². The first-order valence-corrected chi connectivity index (χ1v) is 4.62. The van der Waals surface area contributed by atoms with Crippen LogP contribution in [0.25, 0.3) is 0 Å². The second-order valence-corrected chi connectivity index (χ2v) is 3.46. The van der Waals surface area contributed by atoms with Crippen LogP contribution in [-0.2, 0) is 4.74 Å². The van der Waals surface area contributed by atoms with Crippen LogP contribution in [0.2, 0.25) is 0 Å². The van der Waals surface area contributed by atoms with Crippen molar-refractivity contribution in [3.05, 3.63) is 33.6 Å². The third-order valence-corrected chi connectivity index (χ3v) is 2.15. The Morgan fingerprint density at radius 2 is 2.06 bits per heavy atom. The maximum atomic E-state index is 13.5. The minimum absolute atomic E-state index is 0.136. The van der Waals surface area contributed by atoms with E-state index < -0.39 is 22.4 Å². The number of carbonyl (C=O) groups excluding carboxylic acids is 1. The van der Waals surface area contributed by atoms with Crippen molar-refractivity contribution in [3.8, 4) is 0 Å². The number of hydrogen-bond donors (Lipinski definition) is 0. The average Bonchev–Trinajstić information content (AvgIpc) is 2.27. The van der Waals surface area contributed by atoms with Gasteiger partial charge in [-0.15, -0.1) is 0 Å². The van der Waals surface area contributed by atoms with E-state index in [1.54, 1.807) is 14.1 Å². The Bertz CT molecular complexity index is 474. The molecule has 0 aliphatic heterocycles. The standard InChI is InChI=1S/C10H11FN2O4/c1-12(2)8-4-6(10(14)17-3)7(11)5-9(8)13(15)16/h4-5H,1-3H3. The van der Waals surface area contributed by atoms with Crippen LogP contribution in [0, 0.1) is 15.9 Å². The number of ether oxygens (including phenoxy) is 1. The fourth-order valence-electron chi connectivity index (χ4n) is 1.32. The third-order valence-electron chi connectivity index (χ3n) is 2.15. The highest BCUT2D eigenvalue weighted by Crippen LogP contribution is 2.29. The van der Waals surface area contributed by atoms with Crippen LogP contribution >= 0.6 is 0 Å². The number of benzene rings is 1. The fraction of sp³-hybridized carbons (Fsp3) is 0.300. The predicted octanol–water partition coefficient (Wildman–Crippen LogP) is 1.59. The van der Waals surface area contributed by atoms with Crippen LogP contribution < -0.4 is 4.90 Å². The van der Waals surface area contributed by atoms with Crippen LogP contribution in [-0.4, -0.2) is 32.1 Å². The summed E-state index contributed by atoms with van der Waals surface area (Å²) >= 11 is 0. The number of carbonyl (C=O) groups is 1. The Hall–Kier alpha value is -2.18. The summed E-state index contributed by atoms with van der Waals surface area (Å²) in [4.78, 5) is 22.7. The largest absolute Gasteiger partial charge is 0.465 e. The Balaban J connectivity index is 3.45. The molecule has 0 radical (unpaired) electrons. The van der Waals surface area contributed by atoms with E-state index >= 15 is 0 Å². The predicted molar refractivity (Wildman–Crippen MR) is 58.7 cm³/mol. The summed E-state index contributed by atoms with van der Waals surface area (Å²) in [6, 6.07) is 1.81. The van der Waals surface area contributed by atoms with Gasteiger partial charge in [0.2, 0.25) is 0 Å². The summed E-state index contributed by atoms with van der Waals surface area (Å²) in [5.74, 6) is -1.85. The van der Waals surface area contributed by atoms with Gasteiger partial charge in [0.1, 0.15) is 11.5 Å². The molecule has 0 amide bonds. The maximum absolute atomic E-state index is 13.5. The normalized spacial score (nSPS) is 9.88. The molecule has 0 aromatic heterocycles. The number of nitro groups is 1. The zero-order valence-corrected chi connectivity index (χ0v) is 9.56. The zero-order valence-electron chi connectivity index (χ0n) is 9.56. The summed E-state index contributed by atoms with van der Waals surface area (Å²) in [6.45, 7) is 0. The first kappa shape index (κ1) is 12.9. The number of rotatable bonds is 3. The molecular weight excluding hydrogens is 231 g/mol. The van der Waals surface area contributed by atoms with Crippen LogP contribution in [0.1, 0.15) is 10.4 Å². The van der Waals surface area contributed by atoms with Gasteiger partial charge in [0, 0.05) is 14.1 Å². The molecular formula is C10H11FN2O4. The molecule has 0 atom stereocenters. The molecule has 92 valence electrons. The molecule has 0 heterocycles. The highest BCUT2D eigenvalue weighted by atomic mass is 19.1. The van der Waals surface area contributed by atoms with Gasteiger partial charge in [-0.05, 0) is 6.07 Å². The van der Waals surface area contributed by atoms with Gasteiger partial charge in [-0.2, -0.15) is 0 Å². The Labute approximate surface area is 96.7 Å². The molecule has 1 aromatic rings. The van der Waals surface area contributed by atoms with Crippen molar-refractivity contribution in [2.75, 3.05) is 26.1 Å². The van der Waals surface area contributed by atoms with Crippen molar-refractivity contribution in [2.45, 2.75) is 0 Å². The Kier molecular flexibility index (Phi) is 3.62. The van der Waals surface area contributed by atoms with Crippen LogP contribution in [0.15, 0.2) is 12.1 Å². The minimum Gasteiger partial charge on any atom is -0.465 e. The SMILES string of the molecule is COC(=O)c1cc(N(C)C)c([N+](=O)[O-])cc1F. The van der Waals surface area contributed by atoms with Crippen molar-refractivity contribution < 1.29 is 18.8 Å². The van der Waals surface area contributed by atoms with Crippen molar-refractivity contribution in [2.24, 2.45) is 0 Å². The molecule has 0 saturated heterocycles. The molecule has 0 unspecified atom stereocenters. The highest BCUT2D eigenvalue weighted by Gasteiger charge is 2.23. The van der Waals surface area contributed by atoms with Gasteiger partial charge >= 0.3 is 5.97 Å². The van der Waals surface area contributed by atoms with Gasteiger partial charge < -0.3 is 9.64 Å². The average molecular weight is 242 g/mol. The second-order valence-electron chi connectivity index (χ2n) is 3.46. The number of hydrogen-bond acceptors (Lipinski definition) is 5. The maximum Gasteiger partial charge on any atom is 0.340 e. The van der Waals surface area contributed by atoms with Crippen molar-refractivity contribution in [1.29, 1.82) is 0 Å². The first-order chi connectivity index (χ1) is 7.88. The third kappa shape index (κ3) is 2.49. The van der Waals surface area contributed by atoms with E-state index in [9.17, 15) is 19.3 Å². The summed E-state index contributed by atoms with van der Waals surface area (Å²) in [5, 5.41) is 10.7. The molecule has 0 aliphatic rings. The summed E-state index contributed by atoms with van der Waals surface area (Å²) in [7, 11) is 4.22. The molecule has 1 rings (SSSR count). The van der Waals surface area contributed by atoms with Crippen molar-refractivity contribution in [1.82, 2.24) is 0 Å². The minimum atomic E-state index is -0.978. The van der Waals surface area contributed by atoms with E-state index in [-0.39, 0.29) is 11.3 Å². The molecule has 1 aromatic carbocycles. The van der Waals surface area contributed by atoms with E-state index in [0.29, 0.717) is 6.07 Å². The van der Waals surface area contributed by atoms with Crippen molar-refractivity contribution >= 4 is 17.3 Å². The smallest absolute Gasteiger partial charge is 0.340 e. The summed E-state index contributed by atoms with van der Waals surface area (Å²) in [5.41, 5.74) is -0.598. The van der Waals surface area contributed by atoms with Crippen LogP contribution in [0.5, 0.6) is 0 Å². The number of halogens is 1. The molecule has 17 heavy (non-hydrogen) atoms. The van der Waals surface area contributed by atoms with Gasteiger partial charge in [-0.1, -0.05) is 0 Å². The number of methoxy groups -OCH3 is 1. The molecule has 0 bridgehead atoms. The van der Waals surface area contributed by atoms with Crippen molar-refractivity contribution in [3.63, 3.8) is 0 Å². The van der Waals surface area contributed by atoms with Gasteiger partial charge in [-0.3, -0.25) is 10.1 Å². The molecule has 0 fully saturated rings. The lowest BCUT2D eigenvalue weighted by atomic mass is 10.1. The van der Waals surface area contributed by atoms with Gasteiger partial charge in [0.05, 0.1) is 23.7 Å². The topological polar surface area (TPSA) is 72.7 Å². The molecule has 7 heteroatoms. The summed E-state index contributed by atoms with van der Waals surface area (Å²) in [6.07, 6.45) is 0. The molecule has 0 saturated carbocycles. The lowest BCUT2D eigenvalue weighted by Gasteiger charge is -2.13. The second kappa shape index (κ2) is 4.77. The molecule has 6 nitrogen and oxygen atoms in total. The zero-order chi connectivity index (χ0) is 13.2. The van der Waals surface area contributed by atoms with E-state index in [1.807, 2.05) is 0 Å². The quantitative estimate of drug-likeness (QED) is 0.457. The first-order valence-electron chi connectivity index (χ1n) is 4.62. The highest BCUT2D eigenvalue weighted by molar-refractivity contribution is 5.92. The van der Waals surface area contributed by atoms with E-state index in [4.69, 9.17) is 0 Å². The summed E-state index contributed by atoms with van der Waals surface area (Å²) < 4.78 is 17.9. The molecule has 0 N–H and O–H groups in total. The van der Waals surface area contributed by atoms with Gasteiger partial charge in [0.25, 0.3) is 5.69 Å². The number of nitro benzene ring substituents is 1. The van der Waals surface area contributed by atoms with Crippen LogP contribution in [0.4, 0.5) is 15.8 Å². The Morgan fingerprint density at radius 3 is 2.47 bits per heavy atom. The van der Waals surface area contributed by atoms with E-state index in [1.165, 1.54) is 4.90 Å². The molecule has 0 spiro atoms. The lowest BCUT2D eigenvalue weighted by Crippen LogP contribution is -2.14. The number of anilines is 1. The van der Waals surface area contributed by atoms with Gasteiger partial charge in [-0.25, -0.2) is 9.18 Å². The number of esters is 1. The fourth-order valence-corrected chi connectivity index (χ4v) is 1.32. The van der Waals surface area contributed by atoms with Crippen LogP contribution in [0.3, 0.4) is 0 Å².